The van der Waals surface area contributed by atoms with Crippen molar-refractivity contribution in [2.45, 2.75) is 26.3 Å². The van der Waals surface area contributed by atoms with Crippen LogP contribution in [0.4, 0.5) is 5.82 Å². The molecule has 9 nitrogen and oxygen atoms in total. The second kappa shape index (κ2) is 6.44. The van der Waals surface area contributed by atoms with Crippen molar-refractivity contribution in [3.63, 3.8) is 0 Å². The van der Waals surface area contributed by atoms with Gasteiger partial charge in [0.1, 0.15) is 6.20 Å². The molecular formula is C12H18N6O3. The highest BCUT2D eigenvalue weighted by Crippen LogP contribution is 2.13. The molecule has 0 bridgehead atoms. The molecule has 0 radical (unpaired) electrons. The van der Waals surface area contributed by atoms with Crippen molar-refractivity contribution < 1.29 is 9.72 Å². The van der Waals surface area contributed by atoms with Gasteiger partial charge in [-0.2, -0.15) is 5.10 Å². The lowest BCUT2D eigenvalue weighted by molar-refractivity contribution is -0.392. The van der Waals surface area contributed by atoms with Gasteiger partial charge in [-0.1, -0.05) is 0 Å². The minimum Gasteiger partial charge on any atom is -0.358 e. The number of aromatic nitrogens is 2. The number of piperidine rings is 1. The first kappa shape index (κ1) is 15.1. The molecule has 2 rings (SSSR count). The van der Waals surface area contributed by atoms with Crippen LogP contribution in [-0.2, 0) is 11.3 Å². The van der Waals surface area contributed by atoms with E-state index in [0.717, 1.165) is 37.8 Å². The maximum atomic E-state index is 11.8. The Hall–Kier alpha value is -2.29. The van der Waals surface area contributed by atoms with Crippen LogP contribution in [0.25, 0.3) is 0 Å². The predicted octanol–water partition coefficient (Wildman–Crippen LogP) is 0.298. The summed E-state index contributed by atoms with van der Waals surface area (Å²) in [6.07, 6.45) is 2.79. The molecule has 9 heteroatoms. The van der Waals surface area contributed by atoms with E-state index in [4.69, 9.17) is 0 Å². The van der Waals surface area contributed by atoms with Gasteiger partial charge < -0.3 is 15.0 Å². The van der Waals surface area contributed by atoms with Gasteiger partial charge in [0.2, 0.25) is 0 Å². The predicted molar refractivity (Wildman–Crippen MR) is 75.9 cm³/mol. The third-order valence-electron chi connectivity index (χ3n) is 3.43. The first-order valence-electron chi connectivity index (χ1n) is 6.66. The van der Waals surface area contributed by atoms with Crippen LogP contribution in [0.2, 0.25) is 0 Å². The van der Waals surface area contributed by atoms with Crippen LogP contribution in [0.1, 0.15) is 18.7 Å². The summed E-state index contributed by atoms with van der Waals surface area (Å²) in [7, 11) is 2.04. The highest BCUT2D eigenvalue weighted by molar-refractivity contribution is 5.87. The average Bonchev–Trinajstić information content (AvgIpc) is 2.80. The number of nitrogens with zero attached hydrogens (tertiary/aromatic N) is 5. The number of nitrogens with one attached hydrogen (secondary N) is 1. The molecule has 114 valence electrons. The van der Waals surface area contributed by atoms with E-state index < -0.39 is 10.8 Å². The first-order chi connectivity index (χ1) is 9.97. The van der Waals surface area contributed by atoms with E-state index in [-0.39, 0.29) is 12.4 Å². The topological polar surface area (TPSA) is 106 Å². The van der Waals surface area contributed by atoms with Crippen molar-refractivity contribution in [1.29, 1.82) is 0 Å². The van der Waals surface area contributed by atoms with Crippen LogP contribution in [0, 0.1) is 17.0 Å². The summed E-state index contributed by atoms with van der Waals surface area (Å²) in [6, 6.07) is 0. The van der Waals surface area contributed by atoms with Crippen LogP contribution in [0.3, 0.4) is 0 Å². The van der Waals surface area contributed by atoms with Gasteiger partial charge in [0, 0.05) is 38.6 Å². The van der Waals surface area contributed by atoms with Crippen LogP contribution >= 0.6 is 0 Å². The molecule has 1 aromatic rings. The lowest BCUT2D eigenvalue weighted by Crippen LogP contribution is -2.32. The Morgan fingerprint density at radius 3 is 2.81 bits per heavy atom. The summed E-state index contributed by atoms with van der Waals surface area (Å²) in [6.45, 7) is 3.28. The number of aryl methyl sites for hydroxylation is 1. The van der Waals surface area contributed by atoms with E-state index in [0.29, 0.717) is 5.82 Å². The summed E-state index contributed by atoms with van der Waals surface area (Å²) in [5.41, 5.74) is 3.40. The first-order valence-corrected chi connectivity index (χ1v) is 6.66. The number of likely N-dealkylation sites (tertiary alicyclic amines) is 1. The van der Waals surface area contributed by atoms with Crippen LogP contribution in [0.5, 0.6) is 0 Å². The highest BCUT2D eigenvalue weighted by Gasteiger charge is 2.20. The summed E-state index contributed by atoms with van der Waals surface area (Å²) < 4.78 is 1.25. The molecule has 0 aromatic carbocycles. The second-order valence-electron chi connectivity index (χ2n) is 5.02. The number of amides is 1. The molecule has 0 spiro atoms. The Bertz CT molecular complexity index is 570. The van der Waals surface area contributed by atoms with E-state index in [1.807, 2.05) is 7.05 Å². The molecule has 1 N–H and O–H groups in total. The number of carbonyl (C=O) groups excluding carboxylic acids is 1. The second-order valence-corrected chi connectivity index (χ2v) is 5.02. The monoisotopic (exact) mass is 294 g/mol. The normalized spacial score (nSPS) is 15.8. The van der Waals surface area contributed by atoms with Gasteiger partial charge in [-0.3, -0.25) is 4.79 Å². The smallest absolute Gasteiger partial charge is 0.343 e. The Morgan fingerprint density at radius 1 is 1.52 bits per heavy atom. The minimum atomic E-state index is -0.559. The number of nitro groups is 1. The van der Waals surface area contributed by atoms with Crippen LogP contribution < -0.4 is 5.43 Å². The highest BCUT2D eigenvalue weighted by atomic mass is 16.6. The molecule has 0 unspecified atom stereocenters. The summed E-state index contributed by atoms with van der Waals surface area (Å²) in [5, 5.41) is 14.9. The van der Waals surface area contributed by atoms with E-state index in [1.54, 1.807) is 6.92 Å². The zero-order valence-corrected chi connectivity index (χ0v) is 12.1. The molecule has 0 saturated carbocycles. The zero-order valence-electron chi connectivity index (χ0n) is 12.1. The van der Waals surface area contributed by atoms with Gasteiger partial charge >= 0.3 is 5.82 Å². The number of carbonyl (C=O) groups is 1. The fourth-order valence-electron chi connectivity index (χ4n) is 2.11. The standard InChI is InChI=1S/C12H18N6O3/c1-9-13-7-12(18(20)21)17(9)8-11(19)15-14-10-3-5-16(2)6-4-10/h7H,3-6,8H2,1-2H3,(H,15,19). The molecule has 1 fully saturated rings. The third kappa shape index (κ3) is 3.85. The molecule has 1 aliphatic heterocycles. The fourth-order valence-corrected chi connectivity index (χ4v) is 2.11. The molecule has 0 atom stereocenters. The Balaban J connectivity index is 1.95. The Morgan fingerprint density at radius 2 is 2.19 bits per heavy atom. The minimum absolute atomic E-state index is 0.168. The summed E-state index contributed by atoms with van der Waals surface area (Å²) in [4.78, 5) is 28.2. The Labute approximate surface area is 121 Å². The molecule has 1 saturated heterocycles. The maximum Gasteiger partial charge on any atom is 0.343 e. The number of rotatable bonds is 4. The average molecular weight is 294 g/mol. The fraction of sp³-hybridized carbons (Fsp3) is 0.583. The molecule has 21 heavy (non-hydrogen) atoms. The van der Waals surface area contributed by atoms with Crippen molar-refractivity contribution >= 4 is 17.4 Å². The van der Waals surface area contributed by atoms with Crippen molar-refractivity contribution in [3.8, 4) is 0 Å². The number of hydrogen-bond acceptors (Lipinski definition) is 6. The lowest BCUT2D eigenvalue weighted by atomic mass is 10.1. The molecule has 1 aliphatic rings. The number of hydrogen-bond donors (Lipinski definition) is 1. The molecule has 2 heterocycles. The maximum absolute atomic E-state index is 11.8. The number of hydrazone groups is 1. The van der Waals surface area contributed by atoms with Crippen molar-refractivity contribution in [3.05, 3.63) is 22.1 Å². The van der Waals surface area contributed by atoms with Gasteiger partial charge in [-0.05, 0) is 12.0 Å². The van der Waals surface area contributed by atoms with E-state index in [9.17, 15) is 14.9 Å². The third-order valence-corrected chi connectivity index (χ3v) is 3.43. The molecular weight excluding hydrogens is 276 g/mol. The molecule has 1 amide bonds. The van der Waals surface area contributed by atoms with Gasteiger partial charge in [-0.25, -0.2) is 15.0 Å². The van der Waals surface area contributed by atoms with Gasteiger partial charge in [0.05, 0.1) is 0 Å². The molecule has 0 aliphatic carbocycles. The molecule has 1 aromatic heterocycles. The van der Waals surface area contributed by atoms with Crippen molar-refractivity contribution in [1.82, 2.24) is 19.9 Å². The van der Waals surface area contributed by atoms with E-state index in [1.165, 1.54) is 4.57 Å². The zero-order chi connectivity index (χ0) is 15.4. The summed E-state index contributed by atoms with van der Waals surface area (Å²) in [5.74, 6) is -0.177. The Kier molecular flexibility index (Phi) is 4.63. The van der Waals surface area contributed by atoms with Crippen LogP contribution in [0.15, 0.2) is 11.3 Å². The van der Waals surface area contributed by atoms with Crippen molar-refractivity contribution in [2.75, 3.05) is 20.1 Å². The van der Waals surface area contributed by atoms with Crippen molar-refractivity contribution in [2.24, 2.45) is 5.10 Å². The van der Waals surface area contributed by atoms with Crippen LogP contribution in [-0.4, -0.2) is 51.1 Å². The quantitative estimate of drug-likeness (QED) is 0.635. The SMILES string of the molecule is Cc1ncc([N+](=O)[O-])n1CC(=O)NN=C1CCN(C)CC1. The number of imidazole rings is 1. The lowest BCUT2D eigenvalue weighted by Gasteiger charge is -2.22. The van der Waals surface area contributed by atoms with Gasteiger partial charge in [0.25, 0.3) is 5.91 Å². The van der Waals surface area contributed by atoms with Gasteiger partial charge in [0.15, 0.2) is 12.4 Å². The van der Waals surface area contributed by atoms with E-state index >= 15 is 0 Å². The largest absolute Gasteiger partial charge is 0.358 e. The van der Waals surface area contributed by atoms with E-state index in [2.05, 4.69) is 20.4 Å². The summed E-state index contributed by atoms with van der Waals surface area (Å²) >= 11 is 0. The van der Waals surface area contributed by atoms with Gasteiger partial charge in [-0.15, -0.1) is 0 Å².